The number of ether oxygens (including phenoxy) is 1. The standard InChI is InChI=1S/C15H21FN2O5S.ClH/c1-24(21,22)18(11-15(19)20)10-13-9-17(6-7-23-13)8-12-4-2-3-5-14(12)16;/h2-5,13H,6-11H2,1H3,(H,19,20);1H. The highest BCUT2D eigenvalue weighted by Gasteiger charge is 2.28. The van der Waals surface area contributed by atoms with Gasteiger partial charge in [0.2, 0.25) is 10.0 Å². The molecule has 7 nitrogen and oxygen atoms in total. The quantitative estimate of drug-likeness (QED) is 0.733. The van der Waals surface area contributed by atoms with E-state index in [-0.39, 0.29) is 24.8 Å². The summed E-state index contributed by atoms with van der Waals surface area (Å²) in [6, 6.07) is 6.48. The van der Waals surface area contributed by atoms with Crippen LogP contribution in [0.15, 0.2) is 24.3 Å². The van der Waals surface area contributed by atoms with Gasteiger partial charge in [0.15, 0.2) is 0 Å². The summed E-state index contributed by atoms with van der Waals surface area (Å²) in [6.45, 7) is 1.13. The van der Waals surface area contributed by atoms with Gasteiger partial charge in [-0.05, 0) is 6.07 Å². The molecule has 1 saturated heterocycles. The van der Waals surface area contributed by atoms with Crippen LogP contribution in [0.2, 0.25) is 0 Å². The lowest BCUT2D eigenvalue weighted by Gasteiger charge is -2.34. The molecule has 0 aliphatic carbocycles. The molecule has 25 heavy (non-hydrogen) atoms. The van der Waals surface area contributed by atoms with Crippen LogP contribution in [0.25, 0.3) is 0 Å². The number of hydrogen-bond donors (Lipinski definition) is 1. The molecule has 1 N–H and O–H groups in total. The second-order valence-electron chi connectivity index (χ2n) is 5.77. The van der Waals surface area contributed by atoms with Crippen molar-refractivity contribution in [1.29, 1.82) is 0 Å². The Hall–Kier alpha value is -1.26. The molecule has 0 saturated carbocycles. The molecule has 1 unspecified atom stereocenters. The summed E-state index contributed by atoms with van der Waals surface area (Å²) in [6.07, 6.45) is 0.509. The molecule has 0 amide bonds. The van der Waals surface area contributed by atoms with Crippen molar-refractivity contribution < 1.29 is 27.4 Å². The summed E-state index contributed by atoms with van der Waals surface area (Å²) < 4.78 is 43.6. The average molecular weight is 397 g/mol. The maximum atomic E-state index is 13.7. The van der Waals surface area contributed by atoms with Gasteiger partial charge in [0, 0.05) is 31.7 Å². The van der Waals surface area contributed by atoms with Gasteiger partial charge in [-0.2, -0.15) is 4.31 Å². The van der Waals surface area contributed by atoms with Crippen molar-refractivity contribution in [2.75, 3.05) is 39.0 Å². The van der Waals surface area contributed by atoms with Crippen molar-refractivity contribution in [3.63, 3.8) is 0 Å². The van der Waals surface area contributed by atoms with E-state index in [2.05, 4.69) is 0 Å². The van der Waals surface area contributed by atoms with Gasteiger partial charge in [0.25, 0.3) is 0 Å². The van der Waals surface area contributed by atoms with Crippen LogP contribution < -0.4 is 0 Å². The van der Waals surface area contributed by atoms with E-state index in [0.717, 1.165) is 10.6 Å². The van der Waals surface area contributed by atoms with Gasteiger partial charge in [0.05, 0.1) is 19.0 Å². The number of hydrogen-bond acceptors (Lipinski definition) is 5. The molecule has 142 valence electrons. The van der Waals surface area contributed by atoms with Crippen LogP contribution in [-0.4, -0.2) is 73.8 Å². The fraction of sp³-hybridized carbons (Fsp3) is 0.533. The number of morpholine rings is 1. The predicted octanol–water partition coefficient (Wildman–Crippen LogP) is 0.795. The zero-order valence-electron chi connectivity index (χ0n) is 13.8. The molecule has 1 aromatic rings. The molecular weight excluding hydrogens is 375 g/mol. The van der Waals surface area contributed by atoms with Crippen LogP contribution >= 0.6 is 12.4 Å². The fourth-order valence-electron chi connectivity index (χ4n) is 2.60. The molecule has 1 aromatic carbocycles. The van der Waals surface area contributed by atoms with Crippen LogP contribution in [-0.2, 0) is 26.1 Å². The summed E-state index contributed by atoms with van der Waals surface area (Å²) in [5, 5.41) is 8.86. The minimum atomic E-state index is -3.65. The van der Waals surface area contributed by atoms with Crippen molar-refractivity contribution in [2.24, 2.45) is 0 Å². The molecule has 1 aliphatic rings. The second kappa shape index (κ2) is 9.44. The van der Waals surface area contributed by atoms with Gasteiger partial charge in [-0.3, -0.25) is 9.69 Å². The third kappa shape index (κ3) is 6.87. The van der Waals surface area contributed by atoms with E-state index >= 15 is 0 Å². The summed E-state index contributed by atoms with van der Waals surface area (Å²) in [7, 11) is -3.65. The number of rotatable bonds is 7. The Morgan fingerprint density at radius 1 is 1.44 bits per heavy atom. The zero-order chi connectivity index (χ0) is 17.7. The zero-order valence-corrected chi connectivity index (χ0v) is 15.4. The largest absolute Gasteiger partial charge is 0.480 e. The molecular formula is C15H22ClFN2O5S. The highest BCUT2D eigenvalue weighted by molar-refractivity contribution is 7.88. The van der Waals surface area contributed by atoms with Crippen LogP contribution in [0.5, 0.6) is 0 Å². The summed E-state index contributed by atoms with van der Waals surface area (Å²) >= 11 is 0. The van der Waals surface area contributed by atoms with Crippen LogP contribution in [0, 0.1) is 5.82 Å². The number of sulfonamides is 1. The van der Waals surface area contributed by atoms with Crippen LogP contribution in [0.4, 0.5) is 4.39 Å². The summed E-state index contributed by atoms with van der Waals surface area (Å²) in [5.74, 6) is -1.51. The van der Waals surface area contributed by atoms with Crippen LogP contribution in [0.3, 0.4) is 0 Å². The van der Waals surface area contributed by atoms with E-state index in [1.165, 1.54) is 6.07 Å². The Balaban J connectivity index is 0.00000312. The SMILES string of the molecule is CS(=O)(=O)N(CC(=O)O)CC1CN(Cc2ccccc2F)CCO1.Cl. The van der Waals surface area contributed by atoms with Crippen molar-refractivity contribution in [2.45, 2.75) is 12.6 Å². The topological polar surface area (TPSA) is 87.2 Å². The molecule has 1 fully saturated rings. The first-order valence-corrected chi connectivity index (χ1v) is 9.35. The Labute approximate surface area is 152 Å². The normalized spacial score (nSPS) is 18.8. The highest BCUT2D eigenvalue weighted by Crippen LogP contribution is 2.14. The average Bonchev–Trinajstić information content (AvgIpc) is 2.48. The Bertz CT molecular complexity index is 688. The van der Waals surface area contributed by atoms with Crippen molar-refractivity contribution in [1.82, 2.24) is 9.21 Å². The lowest BCUT2D eigenvalue weighted by Crippen LogP contribution is -2.49. The van der Waals surface area contributed by atoms with E-state index in [1.54, 1.807) is 18.2 Å². The molecule has 0 spiro atoms. The summed E-state index contributed by atoms with van der Waals surface area (Å²) in [4.78, 5) is 12.8. The molecule has 10 heteroatoms. The first kappa shape index (κ1) is 21.8. The number of carboxylic acid groups (broad SMARTS) is 1. The van der Waals surface area contributed by atoms with E-state index in [1.807, 2.05) is 4.90 Å². The number of halogens is 2. The van der Waals surface area contributed by atoms with Crippen molar-refractivity contribution in [3.8, 4) is 0 Å². The molecule has 0 bridgehead atoms. The molecule has 2 rings (SSSR count). The van der Waals surface area contributed by atoms with Gasteiger partial charge in [0.1, 0.15) is 12.4 Å². The Morgan fingerprint density at radius 2 is 2.12 bits per heavy atom. The smallest absolute Gasteiger partial charge is 0.318 e. The molecule has 0 aromatic heterocycles. The fourth-order valence-corrected chi connectivity index (χ4v) is 3.38. The lowest BCUT2D eigenvalue weighted by molar-refractivity contribution is -0.137. The monoisotopic (exact) mass is 396 g/mol. The highest BCUT2D eigenvalue weighted by atomic mass is 35.5. The third-order valence-electron chi connectivity index (χ3n) is 3.76. The minimum Gasteiger partial charge on any atom is -0.480 e. The van der Waals surface area contributed by atoms with Gasteiger partial charge < -0.3 is 9.84 Å². The van der Waals surface area contributed by atoms with Crippen molar-refractivity contribution in [3.05, 3.63) is 35.6 Å². The Kier molecular flexibility index (Phi) is 8.23. The molecule has 1 aliphatic heterocycles. The second-order valence-corrected chi connectivity index (χ2v) is 7.75. The number of nitrogens with zero attached hydrogens (tertiary/aromatic N) is 2. The first-order chi connectivity index (χ1) is 11.3. The number of benzene rings is 1. The van der Waals surface area contributed by atoms with Crippen molar-refractivity contribution >= 4 is 28.4 Å². The summed E-state index contributed by atoms with van der Waals surface area (Å²) in [5.41, 5.74) is 0.559. The Morgan fingerprint density at radius 3 is 2.72 bits per heavy atom. The maximum Gasteiger partial charge on any atom is 0.318 e. The van der Waals surface area contributed by atoms with Gasteiger partial charge in [-0.25, -0.2) is 12.8 Å². The predicted molar refractivity (Wildman–Crippen MR) is 92.7 cm³/mol. The first-order valence-electron chi connectivity index (χ1n) is 7.50. The molecule has 1 heterocycles. The molecule has 1 atom stereocenters. The third-order valence-corrected chi connectivity index (χ3v) is 4.98. The van der Waals surface area contributed by atoms with Crippen LogP contribution in [0.1, 0.15) is 5.56 Å². The number of carboxylic acids is 1. The van der Waals surface area contributed by atoms with E-state index < -0.39 is 28.6 Å². The number of carbonyl (C=O) groups is 1. The van der Waals surface area contributed by atoms with Gasteiger partial charge in [-0.15, -0.1) is 12.4 Å². The van der Waals surface area contributed by atoms with Gasteiger partial charge in [-0.1, -0.05) is 18.2 Å². The van der Waals surface area contributed by atoms with E-state index in [9.17, 15) is 17.6 Å². The number of aliphatic carboxylic acids is 1. The van der Waals surface area contributed by atoms with E-state index in [4.69, 9.17) is 9.84 Å². The molecule has 0 radical (unpaired) electrons. The van der Waals surface area contributed by atoms with Gasteiger partial charge >= 0.3 is 5.97 Å². The van der Waals surface area contributed by atoms with E-state index in [0.29, 0.717) is 31.8 Å². The minimum absolute atomic E-state index is 0. The lowest BCUT2D eigenvalue weighted by atomic mass is 10.1. The maximum absolute atomic E-state index is 13.7.